The van der Waals surface area contributed by atoms with Gasteiger partial charge in [-0.2, -0.15) is 11.8 Å². The molecular formula is C17H21NO3S. The summed E-state index contributed by atoms with van der Waals surface area (Å²) in [5.41, 5.74) is 3.36. The first kappa shape index (κ1) is 15.4. The molecule has 0 bridgehead atoms. The topological polar surface area (TPSA) is 57.6 Å². The Morgan fingerprint density at radius 1 is 1.23 bits per heavy atom. The standard InChI is InChI=1S/C17H21NO3S/c19-16(20)10-15-11-22-8-7-18(15)17(21)14-6-5-12-3-1-2-4-13(12)9-14/h5-6,9,15H,1-4,7-8,10-11H2,(H,19,20). The van der Waals surface area contributed by atoms with Crippen molar-refractivity contribution >= 4 is 23.6 Å². The lowest BCUT2D eigenvalue weighted by molar-refractivity contribution is -0.138. The van der Waals surface area contributed by atoms with Crippen molar-refractivity contribution in [3.63, 3.8) is 0 Å². The number of aliphatic carboxylic acids is 1. The van der Waals surface area contributed by atoms with Gasteiger partial charge in [0.2, 0.25) is 0 Å². The highest BCUT2D eigenvalue weighted by Crippen LogP contribution is 2.25. The summed E-state index contributed by atoms with van der Waals surface area (Å²) in [7, 11) is 0. The number of benzene rings is 1. The second-order valence-electron chi connectivity index (χ2n) is 6.02. The number of rotatable bonds is 3. The van der Waals surface area contributed by atoms with Gasteiger partial charge >= 0.3 is 5.97 Å². The minimum absolute atomic E-state index is 0.0140. The average molecular weight is 319 g/mol. The van der Waals surface area contributed by atoms with E-state index in [-0.39, 0.29) is 18.4 Å². The quantitative estimate of drug-likeness (QED) is 0.930. The Morgan fingerprint density at radius 3 is 2.77 bits per heavy atom. The van der Waals surface area contributed by atoms with Crippen LogP contribution in [0.15, 0.2) is 18.2 Å². The highest BCUT2D eigenvalue weighted by Gasteiger charge is 2.29. The molecule has 1 unspecified atom stereocenters. The maximum absolute atomic E-state index is 12.8. The van der Waals surface area contributed by atoms with Gasteiger partial charge in [0, 0.05) is 23.6 Å². The second kappa shape index (κ2) is 6.73. The van der Waals surface area contributed by atoms with Crippen LogP contribution in [0.3, 0.4) is 0 Å². The van der Waals surface area contributed by atoms with Crippen molar-refractivity contribution in [2.75, 3.05) is 18.1 Å². The molecule has 1 saturated heterocycles. The van der Waals surface area contributed by atoms with Gasteiger partial charge in [0.25, 0.3) is 5.91 Å². The molecule has 1 atom stereocenters. The molecule has 0 saturated carbocycles. The van der Waals surface area contributed by atoms with E-state index in [1.165, 1.54) is 24.0 Å². The van der Waals surface area contributed by atoms with E-state index in [9.17, 15) is 9.59 Å². The van der Waals surface area contributed by atoms with E-state index >= 15 is 0 Å². The van der Waals surface area contributed by atoms with Crippen LogP contribution in [-0.2, 0) is 17.6 Å². The Morgan fingerprint density at radius 2 is 2.00 bits per heavy atom. The summed E-state index contributed by atoms with van der Waals surface area (Å²) < 4.78 is 0. The van der Waals surface area contributed by atoms with Crippen LogP contribution in [0, 0.1) is 0 Å². The summed E-state index contributed by atoms with van der Waals surface area (Å²) in [6.07, 6.45) is 4.59. The van der Waals surface area contributed by atoms with Gasteiger partial charge in [-0.05, 0) is 48.9 Å². The predicted molar refractivity (Wildman–Crippen MR) is 87.5 cm³/mol. The molecule has 1 aliphatic heterocycles. The molecule has 1 N–H and O–H groups in total. The molecule has 3 rings (SSSR count). The zero-order valence-electron chi connectivity index (χ0n) is 12.6. The van der Waals surface area contributed by atoms with Gasteiger partial charge < -0.3 is 10.0 Å². The van der Waals surface area contributed by atoms with Gasteiger partial charge in [0.1, 0.15) is 0 Å². The van der Waals surface area contributed by atoms with Gasteiger partial charge in [-0.1, -0.05) is 6.07 Å². The number of carbonyl (C=O) groups is 2. The largest absolute Gasteiger partial charge is 0.481 e. The molecule has 0 aromatic heterocycles. The zero-order chi connectivity index (χ0) is 15.5. The summed E-state index contributed by atoms with van der Waals surface area (Å²) in [5, 5.41) is 9.05. The Bertz CT molecular complexity index is 587. The van der Waals surface area contributed by atoms with Gasteiger partial charge in [-0.3, -0.25) is 9.59 Å². The molecule has 1 amide bonds. The van der Waals surface area contributed by atoms with Gasteiger partial charge in [-0.25, -0.2) is 0 Å². The zero-order valence-corrected chi connectivity index (χ0v) is 13.4. The van der Waals surface area contributed by atoms with Crippen molar-refractivity contribution in [3.8, 4) is 0 Å². The van der Waals surface area contributed by atoms with E-state index in [4.69, 9.17) is 5.11 Å². The minimum atomic E-state index is -0.837. The molecule has 0 spiro atoms. The van der Waals surface area contributed by atoms with Crippen LogP contribution in [-0.4, -0.2) is 46.0 Å². The summed E-state index contributed by atoms with van der Waals surface area (Å²) in [4.78, 5) is 25.6. The SMILES string of the molecule is O=C(O)CC1CSCCN1C(=O)c1ccc2c(c1)CCCC2. The summed E-state index contributed by atoms with van der Waals surface area (Å²) in [6, 6.07) is 5.81. The Labute approximate surface area is 134 Å². The molecule has 22 heavy (non-hydrogen) atoms. The molecule has 1 fully saturated rings. The maximum atomic E-state index is 12.8. The molecular weight excluding hydrogens is 298 g/mol. The number of carboxylic acids is 1. The number of carboxylic acid groups (broad SMARTS) is 1. The van der Waals surface area contributed by atoms with Crippen molar-refractivity contribution in [2.24, 2.45) is 0 Å². The number of hydrogen-bond acceptors (Lipinski definition) is 3. The Balaban J connectivity index is 1.80. The van der Waals surface area contributed by atoms with Crippen LogP contribution < -0.4 is 0 Å². The lowest BCUT2D eigenvalue weighted by Crippen LogP contribution is -2.47. The number of hydrogen-bond donors (Lipinski definition) is 1. The molecule has 1 aliphatic carbocycles. The molecule has 5 heteroatoms. The van der Waals surface area contributed by atoms with E-state index in [2.05, 4.69) is 6.07 Å². The van der Waals surface area contributed by atoms with E-state index < -0.39 is 5.97 Å². The van der Waals surface area contributed by atoms with E-state index in [1.54, 1.807) is 16.7 Å². The maximum Gasteiger partial charge on any atom is 0.305 e. The average Bonchev–Trinajstić information content (AvgIpc) is 2.54. The first-order valence-corrected chi connectivity index (χ1v) is 9.03. The van der Waals surface area contributed by atoms with Crippen molar-refractivity contribution in [3.05, 3.63) is 34.9 Å². The van der Waals surface area contributed by atoms with Crippen molar-refractivity contribution in [2.45, 2.75) is 38.1 Å². The number of amides is 1. The monoisotopic (exact) mass is 319 g/mol. The molecule has 1 aromatic rings. The summed E-state index contributed by atoms with van der Waals surface area (Å²) >= 11 is 1.73. The number of nitrogens with zero attached hydrogens (tertiary/aromatic N) is 1. The third-order valence-corrected chi connectivity index (χ3v) is 5.59. The fourth-order valence-electron chi connectivity index (χ4n) is 3.33. The number of aryl methyl sites for hydroxylation is 2. The fraction of sp³-hybridized carbons (Fsp3) is 0.529. The van der Waals surface area contributed by atoms with Crippen LogP contribution in [0.2, 0.25) is 0 Å². The van der Waals surface area contributed by atoms with E-state index in [0.29, 0.717) is 17.9 Å². The smallest absolute Gasteiger partial charge is 0.305 e. The Hall–Kier alpha value is -1.49. The second-order valence-corrected chi connectivity index (χ2v) is 7.17. The third kappa shape index (κ3) is 3.29. The van der Waals surface area contributed by atoms with Crippen LogP contribution in [0.1, 0.15) is 40.7 Å². The normalized spacial score (nSPS) is 21.3. The molecule has 0 radical (unpaired) electrons. The predicted octanol–water partition coefficient (Wildman–Crippen LogP) is 2.60. The fourth-order valence-corrected chi connectivity index (χ4v) is 4.39. The molecule has 4 nitrogen and oxygen atoms in total. The minimum Gasteiger partial charge on any atom is -0.481 e. The van der Waals surface area contributed by atoms with Crippen LogP contribution >= 0.6 is 11.8 Å². The number of thioether (sulfide) groups is 1. The third-order valence-electron chi connectivity index (χ3n) is 4.49. The molecule has 1 heterocycles. The summed E-state index contributed by atoms with van der Waals surface area (Å²) in [5.74, 6) is 0.742. The molecule has 1 aromatic carbocycles. The van der Waals surface area contributed by atoms with E-state index in [1.807, 2.05) is 12.1 Å². The van der Waals surface area contributed by atoms with Crippen LogP contribution in [0.4, 0.5) is 0 Å². The lowest BCUT2D eigenvalue weighted by atomic mass is 9.90. The number of carbonyl (C=O) groups excluding carboxylic acids is 1. The van der Waals surface area contributed by atoms with Gasteiger partial charge in [0.15, 0.2) is 0 Å². The van der Waals surface area contributed by atoms with Crippen LogP contribution in [0.5, 0.6) is 0 Å². The Kier molecular flexibility index (Phi) is 4.71. The van der Waals surface area contributed by atoms with Crippen molar-refractivity contribution in [1.82, 2.24) is 4.90 Å². The lowest BCUT2D eigenvalue weighted by Gasteiger charge is -2.35. The number of fused-ring (bicyclic) bond motifs is 1. The molecule has 2 aliphatic rings. The highest BCUT2D eigenvalue weighted by molar-refractivity contribution is 7.99. The first-order valence-electron chi connectivity index (χ1n) is 7.87. The first-order chi connectivity index (χ1) is 10.6. The highest BCUT2D eigenvalue weighted by atomic mass is 32.2. The summed E-state index contributed by atoms with van der Waals surface area (Å²) in [6.45, 7) is 0.637. The molecule has 118 valence electrons. The van der Waals surface area contributed by atoms with Crippen molar-refractivity contribution in [1.29, 1.82) is 0 Å². The van der Waals surface area contributed by atoms with Crippen LogP contribution in [0.25, 0.3) is 0 Å². The van der Waals surface area contributed by atoms with Gasteiger partial charge in [0.05, 0.1) is 12.5 Å². The van der Waals surface area contributed by atoms with Crippen molar-refractivity contribution < 1.29 is 14.7 Å². The van der Waals surface area contributed by atoms with Gasteiger partial charge in [-0.15, -0.1) is 0 Å². The van der Waals surface area contributed by atoms with E-state index in [0.717, 1.165) is 18.6 Å².